The quantitative estimate of drug-likeness (QED) is 0.324. The fraction of sp³-hybridized carbons (Fsp3) is 0.769. The zero-order chi connectivity index (χ0) is 27.1. The summed E-state index contributed by atoms with van der Waals surface area (Å²) in [6.07, 6.45) is -4.84. The van der Waals surface area contributed by atoms with Gasteiger partial charge in [-0.25, -0.2) is 9.59 Å². The molecule has 37 heavy (non-hydrogen) atoms. The molecule has 0 unspecified atom stereocenters. The van der Waals surface area contributed by atoms with Crippen LogP contribution < -0.4 is 0 Å². The maximum absolute atomic E-state index is 13.4. The van der Waals surface area contributed by atoms with Crippen LogP contribution in [-0.2, 0) is 38.1 Å². The summed E-state index contributed by atoms with van der Waals surface area (Å²) in [6.45, 7) is 5.04. The van der Waals surface area contributed by atoms with Gasteiger partial charge in [-0.1, -0.05) is 25.8 Å². The van der Waals surface area contributed by atoms with Gasteiger partial charge in [-0.15, -0.1) is 0 Å². The van der Waals surface area contributed by atoms with Crippen molar-refractivity contribution in [3.63, 3.8) is 0 Å². The van der Waals surface area contributed by atoms with Crippen molar-refractivity contribution in [3.8, 4) is 0 Å². The van der Waals surface area contributed by atoms with E-state index in [0.717, 1.165) is 7.11 Å². The van der Waals surface area contributed by atoms with E-state index in [0.29, 0.717) is 18.4 Å². The monoisotopic (exact) mass is 522 g/mol. The minimum Gasteiger partial charge on any atom is -0.467 e. The van der Waals surface area contributed by atoms with Gasteiger partial charge < -0.3 is 34.3 Å². The van der Waals surface area contributed by atoms with E-state index in [1.807, 2.05) is 6.92 Å². The second-order valence-electron chi connectivity index (χ2n) is 11.4. The number of fused-ring (bicyclic) bond motifs is 2. The van der Waals surface area contributed by atoms with Crippen molar-refractivity contribution >= 4 is 23.7 Å². The highest BCUT2D eigenvalue weighted by Crippen LogP contribution is 2.72. The third-order valence-electron chi connectivity index (χ3n) is 9.82. The Kier molecular flexibility index (Phi) is 6.10. The average molecular weight is 523 g/mol. The van der Waals surface area contributed by atoms with E-state index in [-0.39, 0.29) is 19.4 Å². The molecule has 2 aliphatic heterocycles. The molecule has 0 aromatic carbocycles. The second kappa shape index (κ2) is 8.59. The van der Waals surface area contributed by atoms with Gasteiger partial charge in [-0.3, -0.25) is 9.59 Å². The number of aliphatic hydroxyl groups is 3. The minimum absolute atomic E-state index is 0.0289. The molecular weight excluding hydrogens is 488 g/mol. The number of carbonyl (C=O) groups excluding carboxylic acids is 4. The molecule has 2 bridgehead atoms. The average Bonchev–Trinajstić information content (AvgIpc) is 3.17. The van der Waals surface area contributed by atoms with Gasteiger partial charge in [0.05, 0.1) is 25.7 Å². The largest absolute Gasteiger partial charge is 0.467 e. The van der Waals surface area contributed by atoms with Gasteiger partial charge in [-0.05, 0) is 31.8 Å². The molecule has 2 saturated carbocycles. The first-order chi connectivity index (χ1) is 17.4. The Morgan fingerprint density at radius 1 is 1.19 bits per heavy atom. The lowest BCUT2D eigenvalue weighted by molar-refractivity contribution is -0.298. The number of methoxy groups -OCH3 is 1. The lowest BCUT2D eigenvalue weighted by Crippen LogP contribution is -2.80. The van der Waals surface area contributed by atoms with Gasteiger partial charge in [0.2, 0.25) is 11.7 Å². The molecule has 4 fully saturated rings. The molecule has 0 amide bonds. The Labute approximate surface area is 214 Å². The second-order valence-corrected chi connectivity index (χ2v) is 11.4. The Morgan fingerprint density at radius 3 is 2.54 bits per heavy atom. The molecule has 3 N–H and O–H groups in total. The summed E-state index contributed by atoms with van der Waals surface area (Å²) in [5.41, 5.74) is -4.24. The highest BCUT2D eigenvalue weighted by atomic mass is 16.6. The number of allylic oxidation sites excluding steroid dienone is 1. The van der Waals surface area contributed by atoms with Gasteiger partial charge in [0.25, 0.3) is 0 Å². The van der Waals surface area contributed by atoms with E-state index in [2.05, 4.69) is 0 Å². The fourth-order valence-corrected chi connectivity index (χ4v) is 8.33. The number of rotatable bonds is 5. The standard InChI is InChI=1S/C26H34O11/c1-5-6-7-15(28)37-17-19-25-10-35-26(19,23(33)34-4)21(31)16(29)18(25)24(3)12(9-14(25)36-22(17)32)11(2)8-13(27)20(24)30/h8,12,14,16-21,29-31H,5-7,9-10H2,1-4H3/t12-,14+,16+,17+,18+,19+,20+,21-,24-,25+,26-/m0/s1. The van der Waals surface area contributed by atoms with Crippen LogP contribution in [0.5, 0.6) is 0 Å². The van der Waals surface area contributed by atoms with E-state index in [4.69, 9.17) is 18.9 Å². The molecule has 5 aliphatic rings. The first-order valence-corrected chi connectivity index (χ1v) is 12.8. The van der Waals surface area contributed by atoms with E-state index >= 15 is 0 Å². The number of carbonyl (C=O) groups is 4. The van der Waals surface area contributed by atoms with Crippen LogP contribution in [0.25, 0.3) is 0 Å². The zero-order valence-electron chi connectivity index (χ0n) is 21.3. The van der Waals surface area contributed by atoms with Crippen LogP contribution in [0.2, 0.25) is 0 Å². The molecule has 2 heterocycles. The van der Waals surface area contributed by atoms with E-state index in [1.165, 1.54) is 6.08 Å². The minimum atomic E-state index is -2.23. The van der Waals surface area contributed by atoms with Crippen LogP contribution in [-0.4, -0.2) is 88.8 Å². The Hall–Kier alpha value is -2.34. The van der Waals surface area contributed by atoms with Crippen molar-refractivity contribution in [2.24, 2.45) is 28.6 Å². The van der Waals surface area contributed by atoms with Gasteiger partial charge in [0.1, 0.15) is 18.3 Å². The smallest absolute Gasteiger partial charge is 0.348 e. The molecule has 11 nitrogen and oxygen atoms in total. The summed E-state index contributed by atoms with van der Waals surface area (Å²) in [7, 11) is 1.09. The van der Waals surface area contributed by atoms with Crippen LogP contribution in [0.15, 0.2) is 11.6 Å². The number of hydrogen-bond acceptors (Lipinski definition) is 11. The van der Waals surface area contributed by atoms with Crippen molar-refractivity contribution in [1.82, 2.24) is 0 Å². The normalized spacial score (nSPS) is 47.8. The van der Waals surface area contributed by atoms with Crippen molar-refractivity contribution < 1.29 is 53.4 Å². The molecular formula is C26H34O11. The molecule has 2 saturated heterocycles. The molecule has 0 radical (unpaired) electrons. The highest BCUT2D eigenvalue weighted by molar-refractivity contribution is 5.96. The van der Waals surface area contributed by atoms with Crippen molar-refractivity contribution in [2.45, 2.75) is 82.6 Å². The summed E-state index contributed by atoms with van der Waals surface area (Å²) in [4.78, 5) is 52.2. The Bertz CT molecular complexity index is 1070. The molecule has 1 spiro atoms. The fourth-order valence-electron chi connectivity index (χ4n) is 8.33. The van der Waals surface area contributed by atoms with Crippen LogP contribution in [0, 0.1) is 28.6 Å². The van der Waals surface area contributed by atoms with Crippen LogP contribution in [0.1, 0.15) is 46.5 Å². The van der Waals surface area contributed by atoms with Gasteiger partial charge >= 0.3 is 17.9 Å². The molecule has 11 atom stereocenters. The number of esters is 3. The summed E-state index contributed by atoms with van der Waals surface area (Å²) in [5, 5.41) is 34.4. The first-order valence-electron chi connectivity index (χ1n) is 12.8. The van der Waals surface area contributed by atoms with Gasteiger partial charge in [0.15, 0.2) is 5.78 Å². The summed E-state index contributed by atoms with van der Waals surface area (Å²) < 4.78 is 22.5. The zero-order valence-corrected chi connectivity index (χ0v) is 21.3. The van der Waals surface area contributed by atoms with E-state index in [1.54, 1.807) is 13.8 Å². The Morgan fingerprint density at radius 2 is 1.89 bits per heavy atom. The first kappa shape index (κ1) is 26.3. The molecule has 3 aliphatic carbocycles. The number of ketones is 1. The van der Waals surface area contributed by atoms with Crippen molar-refractivity contribution in [3.05, 3.63) is 11.6 Å². The van der Waals surface area contributed by atoms with E-state index in [9.17, 15) is 34.5 Å². The number of unbranched alkanes of at least 4 members (excludes halogenated alkanes) is 1. The van der Waals surface area contributed by atoms with E-state index < -0.39 is 88.4 Å². The maximum atomic E-state index is 13.4. The number of hydrogen-bond donors (Lipinski definition) is 3. The molecule has 5 rings (SSSR count). The highest BCUT2D eigenvalue weighted by Gasteiger charge is 2.85. The predicted octanol–water partition coefficient (Wildman–Crippen LogP) is -0.174. The van der Waals surface area contributed by atoms with Crippen molar-refractivity contribution in [2.75, 3.05) is 13.7 Å². The Balaban J connectivity index is 1.72. The van der Waals surface area contributed by atoms with Gasteiger partial charge in [0, 0.05) is 23.2 Å². The molecule has 0 aromatic rings. The number of ether oxygens (including phenoxy) is 4. The lowest BCUT2D eigenvalue weighted by atomic mass is 9.38. The third-order valence-corrected chi connectivity index (χ3v) is 9.82. The van der Waals surface area contributed by atoms with Gasteiger partial charge in [-0.2, -0.15) is 0 Å². The predicted molar refractivity (Wildman–Crippen MR) is 122 cm³/mol. The number of aliphatic hydroxyl groups excluding tert-OH is 3. The molecule has 204 valence electrons. The lowest BCUT2D eigenvalue weighted by Gasteiger charge is -2.67. The third kappa shape index (κ3) is 3.08. The summed E-state index contributed by atoms with van der Waals surface area (Å²) in [6, 6.07) is 0. The maximum Gasteiger partial charge on any atom is 0.348 e. The summed E-state index contributed by atoms with van der Waals surface area (Å²) >= 11 is 0. The summed E-state index contributed by atoms with van der Waals surface area (Å²) in [5.74, 6) is -5.94. The van der Waals surface area contributed by atoms with Crippen LogP contribution in [0.4, 0.5) is 0 Å². The van der Waals surface area contributed by atoms with Crippen molar-refractivity contribution in [1.29, 1.82) is 0 Å². The van der Waals surface area contributed by atoms with Crippen LogP contribution in [0.3, 0.4) is 0 Å². The molecule has 11 heteroatoms. The topological polar surface area (TPSA) is 166 Å². The SMILES string of the molecule is CCCCC(=O)O[C@H]1C(=O)O[C@@H]2C[C@H]3C(C)=CC(=O)[C@@H](O)[C@]3(C)[C@H]3[C@@H](O)[C@H](O)[C@@]4(C(=O)OC)OC[C@]32[C@@H]14. The van der Waals surface area contributed by atoms with Crippen LogP contribution >= 0.6 is 0 Å². The molecule has 0 aromatic heterocycles.